The third-order valence-electron chi connectivity index (χ3n) is 7.94. The molecule has 2 aromatic heterocycles. The van der Waals surface area contributed by atoms with Crippen LogP contribution in [0.15, 0.2) is 30.5 Å². The Kier molecular flexibility index (Phi) is 3.14. The molecule has 0 amide bonds. The molecule has 0 radical (unpaired) electrons. The first-order chi connectivity index (χ1) is 14.7. The van der Waals surface area contributed by atoms with Crippen molar-refractivity contribution in [2.24, 2.45) is 17.8 Å². The number of methoxy groups -OCH3 is 1. The van der Waals surface area contributed by atoms with Gasteiger partial charge in [-0.2, -0.15) is 10.2 Å². The molecule has 0 spiro atoms. The highest BCUT2D eigenvalue weighted by molar-refractivity contribution is 5.92. The van der Waals surface area contributed by atoms with Crippen molar-refractivity contribution in [1.82, 2.24) is 20.4 Å². The van der Waals surface area contributed by atoms with Gasteiger partial charge in [-0.25, -0.2) is 0 Å². The van der Waals surface area contributed by atoms with Crippen molar-refractivity contribution >= 4 is 33.3 Å². The van der Waals surface area contributed by atoms with E-state index in [1.807, 2.05) is 6.20 Å². The Morgan fingerprint density at radius 2 is 1.93 bits per heavy atom. The summed E-state index contributed by atoms with van der Waals surface area (Å²) < 4.78 is 5.83. The average Bonchev–Trinajstić information content (AvgIpc) is 3.56. The van der Waals surface area contributed by atoms with Gasteiger partial charge in [0.2, 0.25) is 0 Å². The fourth-order valence-corrected chi connectivity index (χ4v) is 6.80. The summed E-state index contributed by atoms with van der Waals surface area (Å²) >= 11 is 0. The van der Waals surface area contributed by atoms with Crippen LogP contribution in [0.3, 0.4) is 0 Å². The quantitative estimate of drug-likeness (QED) is 0.401. The van der Waals surface area contributed by atoms with Crippen molar-refractivity contribution in [1.29, 1.82) is 0 Å². The van der Waals surface area contributed by atoms with Gasteiger partial charge in [0.05, 0.1) is 36.1 Å². The highest BCUT2D eigenvalue weighted by Gasteiger charge is 2.54. The second-order valence-electron chi connectivity index (χ2n) is 9.17. The number of H-pyrrole nitrogens is 2. The lowest BCUT2D eigenvalue weighted by Crippen LogP contribution is -2.35. The molecule has 1 aliphatic heterocycles. The first-order valence-electron chi connectivity index (χ1n) is 10.8. The lowest BCUT2D eigenvalue weighted by Gasteiger charge is -2.44. The fourth-order valence-electron chi connectivity index (χ4n) is 6.80. The molecule has 5 unspecified atom stereocenters. The third kappa shape index (κ3) is 2.00. The highest BCUT2D eigenvalue weighted by atomic mass is 16.5. The number of aromatic amines is 2. The highest BCUT2D eigenvalue weighted by Crippen LogP contribution is 2.65. The van der Waals surface area contributed by atoms with Crippen molar-refractivity contribution in [2.75, 3.05) is 18.2 Å². The average molecular weight is 400 g/mol. The van der Waals surface area contributed by atoms with E-state index in [1.165, 1.54) is 35.8 Å². The standard InChI is InChI=1S/C23H24N6O/c1-30-17-8-16-14(9-25-27-16)20-18-10-2-3-11(6-10)19(18)21(26-22(17)20)12-4-5-13-15(7-12)28-29-23(13)24/h4-5,7-11,18-19,21,26H,2-3,6H2,1H3,(H,25,27)(H3,24,28,29). The maximum absolute atomic E-state index is 6.00. The first-order valence-corrected chi connectivity index (χ1v) is 10.8. The fraction of sp³-hybridized carbons (Fsp3) is 0.391. The molecule has 7 heteroatoms. The Labute approximate surface area is 173 Å². The van der Waals surface area contributed by atoms with Gasteiger partial charge < -0.3 is 15.8 Å². The van der Waals surface area contributed by atoms with Gasteiger partial charge in [-0.15, -0.1) is 0 Å². The van der Waals surface area contributed by atoms with Crippen LogP contribution in [0.25, 0.3) is 21.8 Å². The molecule has 2 saturated carbocycles. The predicted octanol–water partition coefficient (Wildman–Crippen LogP) is 4.33. The molecule has 3 aliphatic rings. The largest absolute Gasteiger partial charge is 0.494 e. The Morgan fingerprint density at radius 3 is 2.83 bits per heavy atom. The van der Waals surface area contributed by atoms with Crippen LogP contribution in [-0.4, -0.2) is 27.5 Å². The van der Waals surface area contributed by atoms with Crippen LogP contribution in [0.2, 0.25) is 0 Å². The zero-order valence-corrected chi connectivity index (χ0v) is 16.8. The molecule has 152 valence electrons. The number of fused-ring (bicyclic) bond motifs is 10. The number of benzene rings is 2. The van der Waals surface area contributed by atoms with E-state index in [0.717, 1.165) is 39.7 Å². The Morgan fingerprint density at radius 1 is 1.07 bits per heavy atom. The van der Waals surface area contributed by atoms with Gasteiger partial charge >= 0.3 is 0 Å². The lowest BCUT2D eigenvalue weighted by atomic mass is 9.67. The zero-order chi connectivity index (χ0) is 20.0. The number of nitrogen functional groups attached to an aromatic ring is 1. The van der Waals surface area contributed by atoms with Crippen LogP contribution >= 0.6 is 0 Å². The molecule has 2 fully saturated rings. The van der Waals surface area contributed by atoms with Crippen LogP contribution in [0, 0.1) is 17.8 Å². The molecule has 7 rings (SSSR count). The van der Waals surface area contributed by atoms with Crippen molar-refractivity contribution in [2.45, 2.75) is 31.2 Å². The SMILES string of the molecule is COc1cc2[nH]ncc2c2c1NC(c1ccc3c(N)n[nH]c3c1)C1C3CCC(C3)C21. The zero-order valence-electron chi connectivity index (χ0n) is 16.8. The van der Waals surface area contributed by atoms with E-state index in [-0.39, 0.29) is 6.04 Å². The number of nitrogens with zero attached hydrogens (tertiary/aromatic N) is 2. The summed E-state index contributed by atoms with van der Waals surface area (Å²) in [6, 6.07) is 8.83. The van der Waals surface area contributed by atoms with Crippen LogP contribution in [0.1, 0.15) is 42.3 Å². The number of ether oxygens (including phenoxy) is 1. The van der Waals surface area contributed by atoms with Gasteiger partial charge in [-0.3, -0.25) is 10.2 Å². The van der Waals surface area contributed by atoms with E-state index in [4.69, 9.17) is 10.5 Å². The topological polar surface area (TPSA) is 105 Å². The minimum atomic E-state index is 0.241. The van der Waals surface area contributed by atoms with Crippen molar-refractivity contribution in [3.63, 3.8) is 0 Å². The number of hydrogen-bond donors (Lipinski definition) is 4. The molecule has 30 heavy (non-hydrogen) atoms. The molecule has 2 aliphatic carbocycles. The normalized spacial score (nSPS) is 29.2. The van der Waals surface area contributed by atoms with Crippen LogP contribution in [-0.2, 0) is 0 Å². The van der Waals surface area contributed by atoms with E-state index in [2.05, 4.69) is 50.0 Å². The molecule has 4 aromatic rings. The molecule has 0 saturated heterocycles. The van der Waals surface area contributed by atoms with Gasteiger partial charge in [-0.05, 0) is 66.2 Å². The molecular weight excluding hydrogens is 376 g/mol. The summed E-state index contributed by atoms with van der Waals surface area (Å²) in [5.41, 5.74) is 11.9. The number of nitrogens with two attached hydrogens (primary N) is 1. The van der Waals surface area contributed by atoms with Gasteiger partial charge in [0.25, 0.3) is 0 Å². The maximum atomic E-state index is 6.00. The minimum Gasteiger partial charge on any atom is -0.494 e. The van der Waals surface area contributed by atoms with Gasteiger partial charge in [-0.1, -0.05) is 6.07 Å². The summed E-state index contributed by atoms with van der Waals surface area (Å²) in [7, 11) is 1.75. The number of hydrogen-bond acceptors (Lipinski definition) is 5. The lowest BCUT2D eigenvalue weighted by molar-refractivity contribution is 0.247. The Bertz CT molecular complexity index is 1310. The molecule has 2 bridgehead atoms. The summed E-state index contributed by atoms with van der Waals surface area (Å²) in [5.74, 6) is 4.03. The third-order valence-corrected chi connectivity index (χ3v) is 7.94. The predicted molar refractivity (Wildman–Crippen MR) is 117 cm³/mol. The molecule has 7 nitrogen and oxygen atoms in total. The van der Waals surface area contributed by atoms with E-state index in [0.29, 0.717) is 17.7 Å². The number of rotatable bonds is 2. The molecular formula is C23H24N6O. The van der Waals surface area contributed by atoms with Crippen molar-refractivity contribution in [3.8, 4) is 5.75 Å². The molecule has 2 aromatic carbocycles. The molecule has 5 atom stereocenters. The summed E-state index contributed by atoms with van der Waals surface area (Å²) in [6.07, 6.45) is 5.96. The Hall–Kier alpha value is -3.22. The van der Waals surface area contributed by atoms with Crippen molar-refractivity contribution in [3.05, 3.63) is 41.6 Å². The van der Waals surface area contributed by atoms with E-state index in [9.17, 15) is 0 Å². The minimum absolute atomic E-state index is 0.241. The van der Waals surface area contributed by atoms with Crippen LogP contribution < -0.4 is 15.8 Å². The monoisotopic (exact) mass is 400 g/mol. The summed E-state index contributed by atoms with van der Waals surface area (Å²) in [6.45, 7) is 0. The Balaban J connectivity index is 1.45. The first kappa shape index (κ1) is 16.6. The summed E-state index contributed by atoms with van der Waals surface area (Å²) in [4.78, 5) is 0. The van der Waals surface area contributed by atoms with Gasteiger partial charge in [0.1, 0.15) is 5.75 Å². The van der Waals surface area contributed by atoms with E-state index in [1.54, 1.807) is 7.11 Å². The second kappa shape index (κ2) is 5.68. The van der Waals surface area contributed by atoms with Gasteiger partial charge in [0, 0.05) is 16.8 Å². The molecule has 5 N–H and O–H groups in total. The summed E-state index contributed by atoms with van der Waals surface area (Å²) in [5, 5.41) is 20.9. The van der Waals surface area contributed by atoms with E-state index >= 15 is 0 Å². The number of anilines is 2. The molecule has 3 heterocycles. The van der Waals surface area contributed by atoms with E-state index < -0.39 is 0 Å². The second-order valence-corrected chi connectivity index (χ2v) is 9.17. The maximum Gasteiger partial charge on any atom is 0.153 e. The number of aromatic nitrogens is 4. The van der Waals surface area contributed by atoms with Gasteiger partial charge in [0.15, 0.2) is 5.82 Å². The van der Waals surface area contributed by atoms with Crippen LogP contribution in [0.5, 0.6) is 5.75 Å². The smallest absolute Gasteiger partial charge is 0.153 e. The number of nitrogens with one attached hydrogen (secondary N) is 3. The van der Waals surface area contributed by atoms with Crippen molar-refractivity contribution < 1.29 is 4.74 Å². The van der Waals surface area contributed by atoms with Crippen LogP contribution in [0.4, 0.5) is 11.5 Å².